The molecule has 1 unspecified atom stereocenters. The minimum Gasteiger partial charge on any atom is -0.660 e. The molecule has 0 aliphatic carbocycles. The number of ketones is 1. The van der Waals surface area contributed by atoms with Crippen LogP contribution in [0.15, 0.2) is 0 Å². The van der Waals surface area contributed by atoms with Gasteiger partial charge in [-0.3, -0.25) is 4.79 Å². The van der Waals surface area contributed by atoms with Gasteiger partial charge in [0, 0.05) is 38.1 Å². The molecule has 2 aliphatic heterocycles. The maximum atomic E-state index is 11.6. The van der Waals surface area contributed by atoms with E-state index in [-0.39, 0.29) is 57.3 Å². The van der Waals surface area contributed by atoms with Crippen LogP contribution in [0.25, 0.3) is 5.32 Å². The van der Waals surface area contributed by atoms with Crippen molar-refractivity contribution in [2.24, 2.45) is 5.92 Å². The summed E-state index contributed by atoms with van der Waals surface area (Å²) in [6.45, 7) is 8.89. The second kappa shape index (κ2) is 10.1. The van der Waals surface area contributed by atoms with E-state index in [0.717, 1.165) is 52.0 Å². The first-order chi connectivity index (χ1) is 9.15. The van der Waals surface area contributed by atoms with E-state index in [2.05, 4.69) is 10.2 Å². The predicted octanol–water partition coefficient (Wildman–Crippen LogP) is -0.767. The molecule has 0 amide bonds. The molecule has 0 aromatic heterocycles. The van der Waals surface area contributed by atoms with Crippen LogP contribution >= 0.6 is 0 Å². The molecule has 110 valence electrons. The molecule has 0 spiro atoms. The molecular formula is C15H27KN2O2. The fraction of sp³-hybridized carbons (Fsp3) is 0.933. The van der Waals surface area contributed by atoms with E-state index in [0.29, 0.717) is 24.4 Å². The molecule has 2 saturated heterocycles. The second-order valence-corrected chi connectivity index (χ2v) is 6.09. The number of likely N-dealkylation sites (tertiary alicyclic amines) is 1. The van der Waals surface area contributed by atoms with Crippen LogP contribution < -0.4 is 51.4 Å². The quantitative estimate of drug-likeness (QED) is 0.606. The van der Waals surface area contributed by atoms with Crippen molar-refractivity contribution in [1.82, 2.24) is 4.90 Å². The number of hydrogen-bond acceptors (Lipinski definition) is 3. The van der Waals surface area contributed by atoms with E-state index in [1.165, 1.54) is 0 Å². The third-order valence-corrected chi connectivity index (χ3v) is 4.18. The molecule has 5 heteroatoms. The number of carbonyl (C=O) groups is 1. The molecule has 0 aromatic carbocycles. The molecule has 2 aliphatic rings. The SMILES string of the molecule is CC(C)C(=O)CCN1CCC(OC2CC[N-]C2)CC1.[K+]. The summed E-state index contributed by atoms with van der Waals surface area (Å²) in [5.41, 5.74) is 0. The zero-order chi connectivity index (χ0) is 13.7. The third kappa shape index (κ3) is 6.52. The Morgan fingerprint density at radius 2 is 1.95 bits per heavy atom. The molecular weight excluding hydrogens is 279 g/mol. The van der Waals surface area contributed by atoms with Gasteiger partial charge in [0.1, 0.15) is 5.78 Å². The Bertz CT molecular complexity index is 286. The summed E-state index contributed by atoms with van der Waals surface area (Å²) in [7, 11) is 0. The molecule has 2 fully saturated rings. The maximum absolute atomic E-state index is 11.6. The summed E-state index contributed by atoms with van der Waals surface area (Å²) in [4.78, 5) is 14.0. The Hall–Kier alpha value is 1.19. The standard InChI is InChI=1S/C15H27N2O2.K/c1-12(2)15(18)6-10-17-8-4-13(5-9-17)19-14-3-7-16-11-14;/h12-14H,3-11H2,1-2H3;/q-1;+1. The van der Waals surface area contributed by atoms with Gasteiger partial charge >= 0.3 is 51.4 Å². The minimum atomic E-state index is 0. The van der Waals surface area contributed by atoms with Crippen molar-refractivity contribution in [3.8, 4) is 0 Å². The van der Waals surface area contributed by atoms with E-state index < -0.39 is 0 Å². The minimum absolute atomic E-state index is 0. The average molecular weight is 306 g/mol. The Kier molecular flexibility index (Phi) is 9.67. The van der Waals surface area contributed by atoms with Crippen LogP contribution in [0, 0.1) is 5.92 Å². The van der Waals surface area contributed by atoms with Gasteiger partial charge in [0.05, 0.1) is 6.10 Å². The van der Waals surface area contributed by atoms with Gasteiger partial charge < -0.3 is 15.0 Å². The first-order valence-corrected chi connectivity index (χ1v) is 7.69. The topological polar surface area (TPSA) is 43.6 Å². The fourth-order valence-corrected chi connectivity index (χ4v) is 2.77. The zero-order valence-corrected chi connectivity index (χ0v) is 16.4. The second-order valence-electron chi connectivity index (χ2n) is 6.09. The van der Waals surface area contributed by atoms with Crippen LogP contribution in [0.3, 0.4) is 0 Å². The summed E-state index contributed by atoms with van der Waals surface area (Å²) >= 11 is 0. The van der Waals surface area contributed by atoms with Gasteiger partial charge in [0.15, 0.2) is 0 Å². The Balaban J connectivity index is 0.00000200. The van der Waals surface area contributed by atoms with Gasteiger partial charge in [-0.1, -0.05) is 13.8 Å². The van der Waals surface area contributed by atoms with E-state index in [1.54, 1.807) is 0 Å². The Morgan fingerprint density at radius 3 is 2.50 bits per heavy atom. The smallest absolute Gasteiger partial charge is 0.660 e. The van der Waals surface area contributed by atoms with Crippen molar-refractivity contribution >= 4 is 5.78 Å². The molecule has 4 nitrogen and oxygen atoms in total. The molecule has 0 saturated carbocycles. The van der Waals surface area contributed by atoms with Gasteiger partial charge in [-0.2, -0.15) is 0 Å². The predicted molar refractivity (Wildman–Crippen MR) is 76.5 cm³/mol. The van der Waals surface area contributed by atoms with Crippen molar-refractivity contribution < 1.29 is 60.9 Å². The summed E-state index contributed by atoms with van der Waals surface area (Å²) in [5, 5.41) is 4.34. The van der Waals surface area contributed by atoms with Crippen LogP contribution in [0.5, 0.6) is 0 Å². The Morgan fingerprint density at radius 1 is 1.25 bits per heavy atom. The van der Waals surface area contributed by atoms with Crippen molar-refractivity contribution in [2.75, 3.05) is 32.7 Å². The van der Waals surface area contributed by atoms with Crippen molar-refractivity contribution in [1.29, 1.82) is 0 Å². The first kappa shape index (κ1) is 19.2. The van der Waals surface area contributed by atoms with Gasteiger partial charge in [-0.15, -0.1) is 13.1 Å². The van der Waals surface area contributed by atoms with Gasteiger partial charge in [0.25, 0.3) is 0 Å². The summed E-state index contributed by atoms with van der Waals surface area (Å²) in [6.07, 6.45) is 4.79. The van der Waals surface area contributed by atoms with E-state index in [4.69, 9.17) is 4.74 Å². The molecule has 1 atom stereocenters. The zero-order valence-electron chi connectivity index (χ0n) is 13.3. The van der Waals surface area contributed by atoms with Crippen LogP contribution in [-0.2, 0) is 9.53 Å². The summed E-state index contributed by atoms with van der Waals surface area (Å²) in [5.74, 6) is 0.554. The molecule has 0 radical (unpaired) electrons. The fourth-order valence-electron chi connectivity index (χ4n) is 2.77. The van der Waals surface area contributed by atoms with Crippen LogP contribution in [0.4, 0.5) is 0 Å². The van der Waals surface area contributed by atoms with Crippen molar-refractivity contribution in [3.05, 3.63) is 5.32 Å². The Labute approximate surface area is 165 Å². The number of ether oxygens (including phenoxy) is 1. The van der Waals surface area contributed by atoms with Gasteiger partial charge in [-0.25, -0.2) is 0 Å². The number of nitrogens with zero attached hydrogens (tertiary/aromatic N) is 2. The maximum Gasteiger partial charge on any atom is 1.00 e. The summed E-state index contributed by atoms with van der Waals surface area (Å²) in [6, 6.07) is 0. The van der Waals surface area contributed by atoms with Crippen LogP contribution in [0.2, 0.25) is 0 Å². The molecule has 0 bridgehead atoms. The number of carbonyl (C=O) groups excluding carboxylic acids is 1. The van der Waals surface area contributed by atoms with Gasteiger partial charge in [-0.05, 0) is 19.3 Å². The van der Waals surface area contributed by atoms with E-state index in [9.17, 15) is 4.79 Å². The van der Waals surface area contributed by atoms with Crippen molar-refractivity contribution in [3.63, 3.8) is 0 Å². The summed E-state index contributed by atoms with van der Waals surface area (Å²) < 4.78 is 6.08. The normalized spacial score (nSPS) is 24.9. The van der Waals surface area contributed by atoms with Gasteiger partial charge in [0.2, 0.25) is 0 Å². The molecule has 0 aromatic rings. The monoisotopic (exact) mass is 306 g/mol. The van der Waals surface area contributed by atoms with Crippen molar-refractivity contribution in [2.45, 2.75) is 51.7 Å². The molecule has 20 heavy (non-hydrogen) atoms. The van der Waals surface area contributed by atoms with Crippen LogP contribution in [-0.4, -0.2) is 55.6 Å². The largest absolute Gasteiger partial charge is 1.00 e. The number of hydrogen-bond donors (Lipinski definition) is 0. The number of piperidine rings is 1. The van der Waals surface area contributed by atoms with Crippen LogP contribution in [0.1, 0.15) is 39.5 Å². The number of rotatable bonds is 6. The first-order valence-electron chi connectivity index (χ1n) is 7.69. The average Bonchev–Trinajstić information content (AvgIpc) is 2.90. The van der Waals surface area contributed by atoms with E-state index >= 15 is 0 Å². The third-order valence-electron chi connectivity index (χ3n) is 4.18. The molecule has 2 rings (SSSR count). The molecule has 2 heterocycles. The van der Waals surface area contributed by atoms with E-state index in [1.807, 2.05) is 13.8 Å². The molecule has 0 N–H and O–H groups in total. The number of Topliss-reactive ketones (excluding diaryl/α,β-unsaturated/α-hetero) is 1.